The number of anilines is 1. The predicted molar refractivity (Wildman–Crippen MR) is 102 cm³/mol. The molecule has 1 aromatic rings. The Bertz CT molecular complexity index is 666. The molecule has 1 fully saturated rings. The molecule has 1 N–H and O–H groups in total. The van der Waals surface area contributed by atoms with Crippen molar-refractivity contribution < 1.29 is 14.3 Å². The second-order valence-electron chi connectivity index (χ2n) is 7.49. The van der Waals surface area contributed by atoms with E-state index < -0.39 is 5.60 Å². The van der Waals surface area contributed by atoms with Gasteiger partial charge in [-0.3, -0.25) is 4.79 Å². The average molecular weight is 358 g/mol. The molecule has 0 bridgehead atoms. The van der Waals surface area contributed by atoms with Gasteiger partial charge in [0.2, 0.25) is 0 Å². The van der Waals surface area contributed by atoms with Crippen LogP contribution in [0.3, 0.4) is 0 Å². The summed E-state index contributed by atoms with van der Waals surface area (Å²) in [5, 5.41) is 12.3. The van der Waals surface area contributed by atoms with Crippen LogP contribution in [0, 0.1) is 17.2 Å². The summed E-state index contributed by atoms with van der Waals surface area (Å²) >= 11 is 0. The van der Waals surface area contributed by atoms with Crippen LogP contribution in [0.15, 0.2) is 18.2 Å². The molecule has 1 aliphatic rings. The van der Waals surface area contributed by atoms with E-state index in [1.54, 1.807) is 18.2 Å². The van der Waals surface area contributed by atoms with Crippen molar-refractivity contribution in [3.63, 3.8) is 0 Å². The average Bonchev–Trinajstić information content (AvgIpc) is 2.60. The van der Waals surface area contributed by atoms with Crippen LogP contribution in [-0.4, -0.2) is 24.2 Å². The first-order valence-corrected chi connectivity index (χ1v) is 9.56. The fourth-order valence-electron chi connectivity index (χ4n) is 3.50. The highest BCUT2D eigenvalue weighted by Gasteiger charge is 2.42. The molecule has 142 valence electrons. The van der Waals surface area contributed by atoms with E-state index in [0.717, 1.165) is 32.1 Å². The second kappa shape index (κ2) is 9.05. The molecular weight excluding hydrogens is 328 g/mol. The molecule has 1 aromatic carbocycles. The number of nitriles is 1. The van der Waals surface area contributed by atoms with Gasteiger partial charge in [-0.2, -0.15) is 5.26 Å². The number of carbonyl (C=O) groups is 1. The van der Waals surface area contributed by atoms with Crippen molar-refractivity contribution in [2.45, 2.75) is 71.5 Å². The Labute approximate surface area is 156 Å². The summed E-state index contributed by atoms with van der Waals surface area (Å²) in [4.78, 5) is 13.1. The quantitative estimate of drug-likeness (QED) is 0.769. The van der Waals surface area contributed by atoms with Gasteiger partial charge in [0.15, 0.2) is 0 Å². The van der Waals surface area contributed by atoms with Crippen molar-refractivity contribution in [3.8, 4) is 11.8 Å². The topological polar surface area (TPSA) is 71.3 Å². The van der Waals surface area contributed by atoms with Crippen molar-refractivity contribution in [2.75, 3.05) is 11.9 Å². The van der Waals surface area contributed by atoms with Crippen molar-refractivity contribution in [2.24, 2.45) is 5.92 Å². The van der Waals surface area contributed by atoms with Crippen molar-refractivity contribution in [1.82, 2.24) is 0 Å². The monoisotopic (exact) mass is 358 g/mol. The Morgan fingerprint density at radius 1 is 1.46 bits per heavy atom. The number of rotatable bonds is 7. The molecular formula is C21H30N2O3. The lowest BCUT2D eigenvalue weighted by molar-refractivity contribution is -0.148. The SMILES string of the molecule is CCCO[C@]1(C(=O)Nc2ccc(OC(C)C)c(C#N)c2)CCC[C@@H](C)C1. The zero-order chi connectivity index (χ0) is 19.2. The van der Waals surface area contributed by atoms with Gasteiger partial charge in [-0.15, -0.1) is 0 Å². The molecule has 1 amide bonds. The van der Waals surface area contributed by atoms with E-state index in [0.29, 0.717) is 29.5 Å². The smallest absolute Gasteiger partial charge is 0.256 e. The first-order chi connectivity index (χ1) is 12.4. The van der Waals surface area contributed by atoms with Crippen LogP contribution in [0.1, 0.15) is 65.4 Å². The molecule has 0 aliphatic heterocycles. The number of nitrogens with zero attached hydrogens (tertiary/aromatic N) is 1. The third kappa shape index (κ3) is 4.98. The molecule has 1 aliphatic carbocycles. The van der Waals surface area contributed by atoms with Gasteiger partial charge in [-0.25, -0.2) is 0 Å². The molecule has 0 saturated heterocycles. The molecule has 2 atom stereocenters. The number of nitrogens with one attached hydrogen (secondary N) is 1. The Balaban J connectivity index is 2.19. The second-order valence-corrected chi connectivity index (χ2v) is 7.49. The first-order valence-electron chi connectivity index (χ1n) is 9.56. The van der Waals surface area contributed by atoms with E-state index in [-0.39, 0.29) is 12.0 Å². The van der Waals surface area contributed by atoms with E-state index in [1.165, 1.54) is 0 Å². The molecule has 0 unspecified atom stereocenters. The van der Waals surface area contributed by atoms with E-state index in [4.69, 9.17) is 9.47 Å². The fraction of sp³-hybridized carbons (Fsp3) is 0.619. The maximum absolute atomic E-state index is 13.1. The highest BCUT2D eigenvalue weighted by Crippen LogP contribution is 2.36. The Morgan fingerprint density at radius 3 is 2.85 bits per heavy atom. The van der Waals surface area contributed by atoms with Gasteiger partial charge >= 0.3 is 0 Å². The summed E-state index contributed by atoms with van der Waals surface area (Å²) in [7, 11) is 0. The predicted octanol–water partition coefficient (Wildman–Crippen LogP) is 4.66. The Kier molecular flexibility index (Phi) is 7.05. The number of ether oxygens (including phenoxy) is 2. The third-order valence-corrected chi connectivity index (χ3v) is 4.67. The molecule has 2 rings (SSSR count). The summed E-state index contributed by atoms with van der Waals surface area (Å²) in [5.41, 5.74) is 0.241. The number of carbonyl (C=O) groups excluding carboxylic acids is 1. The number of hydrogen-bond donors (Lipinski definition) is 1. The summed E-state index contributed by atoms with van der Waals surface area (Å²) < 4.78 is 11.7. The Morgan fingerprint density at radius 2 is 2.23 bits per heavy atom. The minimum atomic E-state index is -0.770. The number of benzene rings is 1. The van der Waals surface area contributed by atoms with Crippen LogP contribution in [0.25, 0.3) is 0 Å². The van der Waals surface area contributed by atoms with E-state index in [2.05, 4.69) is 18.3 Å². The first kappa shape index (κ1) is 20.3. The summed E-state index contributed by atoms with van der Waals surface area (Å²) in [6.45, 7) is 8.61. The summed E-state index contributed by atoms with van der Waals surface area (Å²) in [6, 6.07) is 7.31. The number of hydrogen-bond acceptors (Lipinski definition) is 4. The minimum absolute atomic E-state index is 0.0167. The van der Waals surface area contributed by atoms with Crippen LogP contribution < -0.4 is 10.1 Å². The lowest BCUT2D eigenvalue weighted by Crippen LogP contribution is -2.48. The molecule has 0 heterocycles. The van der Waals surface area contributed by atoms with Gasteiger partial charge in [0, 0.05) is 12.3 Å². The maximum Gasteiger partial charge on any atom is 0.256 e. The molecule has 5 heteroatoms. The molecule has 26 heavy (non-hydrogen) atoms. The van der Waals surface area contributed by atoms with Gasteiger partial charge in [-0.05, 0) is 63.6 Å². The molecule has 5 nitrogen and oxygen atoms in total. The molecule has 0 aromatic heterocycles. The van der Waals surface area contributed by atoms with Gasteiger partial charge in [0.05, 0.1) is 11.7 Å². The van der Waals surface area contributed by atoms with Crippen LogP contribution in [0.5, 0.6) is 5.75 Å². The molecule has 0 spiro atoms. The van der Waals surface area contributed by atoms with Crippen molar-refractivity contribution >= 4 is 11.6 Å². The largest absolute Gasteiger partial charge is 0.490 e. The standard InChI is InChI=1S/C21H30N2O3/c1-5-11-25-21(10-6-7-16(4)13-21)20(24)23-18-8-9-19(26-15(2)3)17(12-18)14-22/h8-9,12,15-16H,5-7,10-11,13H2,1-4H3,(H,23,24)/t16-,21-/m1/s1. The number of amides is 1. The van der Waals surface area contributed by atoms with Crippen LogP contribution in [-0.2, 0) is 9.53 Å². The highest BCUT2D eigenvalue weighted by atomic mass is 16.5. The lowest BCUT2D eigenvalue weighted by Gasteiger charge is -2.38. The third-order valence-electron chi connectivity index (χ3n) is 4.67. The van der Waals surface area contributed by atoms with Gasteiger partial charge in [-0.1, -0.05) is 20.3 Å². The highest BCUT2D eigenvalue weighted by molar-refractivity contribution is 5.97. The van der Waals surface area contributed by atoms with Crippen LogP contribution in [0.2, 0.25) is 0 Å². The van der Waals surface area contributed by atoms with Gasteiger partial charge in [0.1, 0.15) is 17.4 Å². The summed E-state index contributed by atoms with van der Waals surface area (Å²) in [6.07, 6.45) is 4.45. The lowest BCUT2D eigenvalue weighted by atomic mass is 9.78. The minimum Gasteiger partial charge on any atom is -0.490 e. The van der Waals surface area contributed by atoms with E-state index in [9.17, 15) is 10.1 Å². The summed E-state index contributed by atoms with van der Waals surface area (Å²) in [5.74, 6) is 0.880. The van der Waals surface area contributed by atoms with Crippen LogP contribution in [0.4, 0.5) is 5.69 Å². The Hall–Kier alpha value is -2.06. The van der Waals surface area contributed by atoms with E-state index in [1.807, 2.05) is 20.8 Å². The van der Waals surface area contributed by atoms with Crippen molar-refractivity contribution in [1.29, 1.82) is 5.26 Å². The molecule has 1 saturated carbocycles. The zero-order valence-corrected chi connectivity index (χ0v) is 16.3. The molecule has 0 radical (unpaired) electrons. The van der Waals surface area contributed by atoms with Gasteiger partial charge < -0.3 is 14.8 Å². The normalized spacial score (nSPS) is 22.7. The zero-order valence-electron chi connectivity index (χ0n) is 16.3. The van der Waals surface area contributed by atoms with E-state index >= 15 is 0 Å². The fourth-order valence-corrected chi connectivity index (χ4v) is 3.50. The van der Waals surface area contributed by atoms with Crippen LogP contribution >= 0.6 is 0 Å². The van der Waals surface area contributed by atoms with Gasteiger partial charge in [0.25, 0.3) is 5.91 Å². The van der Waals surface area contributed by atoms with Crippen molar-refractivity contribution in [3.05, 3.63) is 23.8 Å². The maximum atomic E-state index is 13.1.